The van der Waals surface area contributed by atoms with Crippen molar-refractivity contribution in [2.45, 2.75) is 11.3 Å². The maximum Gasteiger partial charge on any atom is 0.249 e. The molecule has 0 unspecified atom stereocenters. The summed E-state index contributed by atoms with van der Waals surface area (Å²) in [5, 5.41) is 1.02. The number of halogens is 2. The van der Waals surface area contributed by atoms with E-state index in [0.29, 0.717) is 14.8 Å². The number of rotatable bonds is 4. The number of aryl methyl sites for hydroxylation is 1. The molecule has 0 aliphatic rings. The van der Waals surface area contributed by atoms with Crippen LogP contribution in [0.4, 0.5) is 0 Å². The van der Waals surface area contributed by atoms with Crippen molar-refractivity contribution in [1.29, 1.82) is 0 Å². The molecule has 1 aromatic heterocycles. The van der Waals surface area contributed by atoms with Crippen LogP contribution in [-0.4, -0.2) is 24.6 Å². The van der Waals surface area contributed by atoms with Crippen molar-refractivity contribution in [3.05, 3.63) is 57.3 Å². The number of nitrogens with zero attached hydrogens (tertiary/aromatic N) is 2. The molecule has 0 N–H and O–H groups in total. The molecule has 0 spiro atoms. The molecule has 0 saturated heterocycles. The predicted octanol–water partition coefficient (Wildman–Crippen LogP) is 3.84. The standard InChI is InChI=1S/C17H14Cl2N2O3S2/c1-21-16-13(19)3-2-4-14(16)25-17(21)20-15(22)9-10-26(23,24)12-7-5-11(18)6-8-12/h2-8H,9-10H2,1H3. The summed E-state index contributed by atoms with van der Waals surface area (Å²) in [5.74, 6) is -0.812. The lowest BCUT2D eigenvalue weighted by atomic mass is 10.3. The molecule has 26 heavy (non-hydrogen) atoms. The summed E-state index contributed by atoms with van der Waals surface area (Å²) in [6.45, 7) is 0. The van der Waals surface area contributed by atoms with Crippen LogP contribution in [0.15, 0.2) is 52.4 Å². The van der Waals surface area contributed by atoms with Crippen LogP contribution in [-0.2, 0) is 21.7 Å². The number of hydrogen-bond acceptors (Lipinski definition) is 4. The molecule has 1 heterocycles. The monoisotopic (exact) mass is 428 g/mol. The largest absolute Gasteiger partial charge is 0.318 e. The minimum atomic E-state index is -3.57. The van der Waals surface area contributed by atoms with Crippen molar-refractivity contribution in [1.82, 2.24) is 4.57 Å². The third kappa shape index (κ3) is 4.01. The zero-order valence-corrected chi connectivity index (χ0v) is 16.8. The summed E-state index contributed by atoms with van der Waals surface area (Å²) in [5.41, 5.74) is 0.791. The first kappa shape index (κ1) is 19.1. The van der Waals surface area contributed by atoms with E-state index in [4.69, 9.17) is 23.2 Å². The molecule has 2 aromatic carbocycles. The molecule has 0 radical (unpaired) electrons. The molecule has 3 aromatic rings. The Morgan fingerprint density at radius 3 is 2.50 bits per heavy atom. The van der Waals surface area contributed by atoms with Crippen LogP contribution in [0.5, 0.6) is 0 Å². The van der Waals surface area contributed by atoms with Crippen LogP contribution in [0.2, 0.25) is 10.0 Å². The Morgan fingerprint density at radius 1 is 1.15 bits per heavy atom. The van der Waals surface area contributed by atoms with Gasteiger partial charge in [-0.3, -0.25) is 4.79 Å². The Labute approximate surface area is 164 Å². The summed E-state index contributed by atoms with van der Waals surface area (Å²) in [6, 6.07) is 11.3. The summed E-state index contributed by atoms with van der Waals surface area (Å²) in [4.78, 5) is 16.8. The molecule has 0 bridgehead atoms. The number of amides is 1. The highest BCUT2D eigenvalue weighted by Crippen LogP contribution is 2.24. The number of para-hydroxylation sites is 1. The number of aromatic nitrogens is 1. The van der Waals surface area contributed by atoms with Crippen molar-refractivity contribution in [2.75, 3.05) is 5.75 Å². The van der Waals surface area contributed by atoms with Gasteiger partial charge in [0.05, 0.1) is 25.9 Å². The van der Waals surface area contributed by atoms with Crippen LogP contribution in [0.1, 0.15) is 6.42 Å². The maximum atomic E-state index is 12.3. The Balaban J connectivity index is 1.81. The second-order valence-electron chi connectivity index (χ2n) is 5.56. The average molecular weight is 429 g/mol. The average Bonchev–Trinajstić information content (AvgIpc) is 2.91. The molecule has 136 valence electrons. The molecule has 0 aliphatic heterocycles. The minimum absolute atomic E-state index is 0.133. The summed E-state index contributed by atoms with van der Waals surface area (Å²) in [6.07, 6.45) is -0.201. The Morgan fingerprint density at radius 2 is 1.85 bits per heavy atom. The summed E-state index contributed by atoms with van der Waals surface area (Å²) in [7, 11) is -1.80. The van der Waals surface area contributed by atoms with E-state index in [1.807, 2.05) is 12.1 Å². The molecule has 0 saturated carbocycles. The van der Waals surface area contributed by atoms with Crippen LogP contribution in [0.25, 0.3) is 10.2 Å². The van der Waals surface area contributed by atoms with Gasteiger partial charge in [0.15, 0.2) is 14.6 Å². The van der Waals surface area contributed by atoms with Crippen molar-refractivity contribution in [3.8, 4) is 0 Å². The Kier molecular flexibility index (Phi) is 5.53. The number of hydrogen-bond donors (Lipinski definition) is 0. The summed E-state index contributed by atoms with van der Waals surface area (Å²) >= 11 is 13.3. The van der Waals surface area contributed by atoms with Crippen molar-refractivity contribution < 1.29 is 13.2 Å². The molecular formula is C17H14Cl2N2O3S2. The Bertz CT molecular complexity index is 1150. The van der Waals surface area contributed by atoms with Gasteiger partial charge in [0.1, 0.15) is 0 Å². The lowest BCUT2D eigenvalue weighted by Crippen LogP contribution is -2.16. The number of carbonyl (C=O) groups excluding carboxylic acids is 1. The van der Waals surface area contributed by atoms with Crippen LogP contribution < -0.4 is 4.80 Å². The van der Waals surface area contributed by atoms with E-state index in [0.717, 1.165) is 10.2 Å². The number of carbonyl (C=O) groups is 1. The fourth-order valence-electron chi connectivity index (χ4n) is 2.41. The number of fused-ring (bicyclic) bond motifs is 1. The van der Waals surface area contributed by atoms with Gasteiger partial charge < -0.3 is 4.57 Å². The van der Waals surface area contributed by atoms with E-state index in [1.54, 1.807) is 17.7 Å². The lowest BCUT2D eigenvalue weighted by molar-refractivity contribution is -0.117. The third-order valence-corrected chi connectivity index (χ3v) is 7.14. The zero-order chi connectivity index (χ0) is 18.9. The van der Waals surface area contributed by atoms with Gasteiger partial charge in [-0.05, 0) is 36.4 Å². The first-order valence-corrected chi connectivity index (χ1v) is 10.8. The third-order valence-electron chi connectivity index (χ3n) is 3.75. The molecule has 3 rings (SSSR count). The zero-order valence-electron chi connectivity index (χ0n) is 13.6. The van der Waals surface area contributed by atoms with Crippen LogP contribution in [0.3, 0.4) is 0 Å². The van der Waals surface area contributed by atoms with E-state index >= 15 is 0 Å². The molecule has 9 heteroatoms. The van der Waals surface area contributed by atoms with Gasteiger partial charge >= 0.3 is 0 Å². The fourth-order valence-corrected chi connectivity index (χ4v) is 5.18. The smallest absolute Gasteiger partial charge is 0.249 e. The molecule has 0 aliphatic carbocycles. The van der Waals surface area contributed by atoms with Gasteiger partial charge in [-0.2, -0.15) is 4.99 Å². The van der Waals surface area contributed by atoms with E-state index in [9.17, 15) is 13.2 Å². The molecule has 0 fully saturated rings. The molecule has 5 nitrogen and oxygen atoms in total. The molecule has 0 atom stereocenters. The van der Waals surface area contributed by atoms with Crippen LogP contribution in [0, 0.1) is 0 Å². The van der Waals surface area contributed by atoms with Gasteiger partial charge in [0.2, 0.25) is 5.91 Å². The maximum absolute atomic E-state index is 12.3. The quantitative estimate of drug-likeness (QED) is 0.633. The second-order valence-corrected chi connectivity index (χ2v) is 9.52. The topological polar surface area (TPSA) is 68.5 Å². The molecular weight excluding hydrogens is 415 g/mol. The summed E-state index contributed by atoms with van der Waals surface area (Å²) < 4.78 is 27.2. The van der Waals surface area contributed by atoms with Gasteiger partial charge in [0.25, 0.3) is 0 Å². The van der Waals surface area contributed by atoms with E-state index in [-0.39, 0.29) is 17.1 Å². The number of thiazole rings is 1. The van der Waals surface area contributed by atoms with E-state index in [2.05, 4.69) is 4.99 Å². The van der Waals surface area contributed by atoms with Crippen molar-refractivity contribution >= 4 is 60.5 Å². The first-order valence-electron chi connectivity index (χ1n) is 7.58. The van der Waals surface area contributed by atoms with E-state index < -0.39 is 15.7 Å². The highest BCUT2D eigenvalue weighted by molar-refractivity contribution is 7.91. The van der Waals surface area contributed by atoms with Gasteiger partial charge in [-0.25, -0.2) is 8.42 Å². The predicted molar refractivity (Wildman–Crippen MR) is 104 cm³/mol. The highest BCUT2D eigenvalue weighted by atomic mass is 35.5. The van der Waals surface area contributed by atoms with Gasteiger partial charge in [0, 0.05) is 18.5 Å². The minimum Gasteiger partial charge on any atom is -0.318 e. The van der Waals surface area contributed by atoms with Crippen molar-refractivity contribution in [2.24, 2.45) is 12.0 Å². The Hall–Kier alpha value is -1.67. The highest BCUT2D eigenvalue weighted by Gasteiger charge is 2.16. The SMILES string of the molecule is Cn1c(=NC(=O)CCS(=O)(=O)c2ccc(Cl)cc2)sc2cccc(Cl)c21. The van der Waals surface area contributed by atoms with Crippen LogP contribution >= 0.6 is 34.5 Å². The molecule has 1 amide bonds. The normalized spacial score (nSPS) is 12.7. The van der Waals surface area contributed by atoms with E-state index in [1.165, 1.54) is 35.6 Å². The van der Waals surface area contributed by atoms with Crippen molar-refractivity contribution in [3.63, 3.8) is 0 Å². The second kappa shape index (κ2) is 7.52. The number of sulfone groups is 1. The lowest BCUT2D eigenvalue weighted by Gasteiger charge is -2.03. The first-order chi connectivity index (χ1) is 12.3. The fraction of sp³-hybridized carbons (Fsp3) is 0.176. The number of benzene rings is 2. The van der Waals surface area contributed by atoms with Gasteiger partial charge in [-0.15, -0.1) is 0 Å². The van der Waals surface area contributed by atoms with Gasteiger partial charge in [-0.1, -0.05) is 40.6 Å².